The molecule has 0 radical (unpaired) electrons. The van der Waals surface area contributed by atoms with E-state index in [1.54, 1.807) is 11.9 Å². The largest absolute Gasteiger partial charge is 0.327 e. The number of carbonyl (C=O) groups is 3. The zero-order chi connectivity index (χ0) is 22.1. The van der Waals surface area contributed by atoms with Crippen LogP contribution >= 0.6 is 0 Å². The van der Waals surface area contributed by atoms with Crippen molar-refractivity contribution >= 4 is 17.7 Å². The number of rotatable bonds is 4. The molecule has 4 fully saturated rings. The summed E-state index contributed by atoms with van der Waals surface area (Å²) in [4.78, 5) is 43.0. The van der Waals surface area contributed by atoms with Crippen LogP contribution in [0.25, 0.3) is 0 Å². The smallest absolute Gasteiger partial charge is 0.313 e. The van der Waals surface area contributed by atoms with Crippen LogP contribution in [0, 0.1) is 11.3 Å². The standard InChI is InChI=1S/C25H41N3O3/c1-24(19-12-8-7-9-13-19)22(30)28(23(31)27(24)2)18-20(29)21-25(16-17-26-21)14-10-5-3-4-6-11-15-25/h19,21,26H,3-18H2,1-2H3. The van der Waals surface area contributed by atoms with Crippen molar-refractivity contribution in [3.8, 4) is 0 Å². The third-order valence-electron chi connectivity index (χ3n) is 9.11. The molecule has 3 amide bonds. The van der Waals surface area contributed by atoms with Gasteiger partial charge in [-0.25, -0.2) is 4.79 Å². The molecule has 0 aromatic carbocycles. The van der Waals surface area contributed by atoms with Gasteiger partial charge in [0.2, 0.25) is 0 Å². The molecule has 2 heterocycles. The number of carbonyl (C=O) groups excluding carboxylic acids is 3. The van der Waals surface area contributed by atoms with E-state index >= 15 is 0 Å². The SMILES string of the molecule is CN1C(=O)N(CC(=O)C2NCCC23CCCCCCCC3)C(=O)C1(C)C1CCCCC1. The first-order chi connectivity index (χ1) is 14.9. The number of imide groups is 1. The number of nitrogens with zero attached hydrogens (tertiary/aromatic N) is 2. The lowest BCUT2D eigenvalue weighted by atomic mass is 9.71. The molecule has 2 atom stereocenters. The van der Waals surface area contributed by atoms with Crippen LogP contribution in [0.15, 0.2) is 0 Å². The molecule has 174 valence electrons. The van der Waals surface area contributed by atoms with Gasteiger partial charge in [0.05, 0.1) is 12.6 Å². The highest BCUT2D eigenvalue weighted by Gasteiger charge is 2.57. The van der Waals surface area contributed by atoms with E-state index in [4.69, 9.17) is 0 Å². The van der Waals surface area contributed by atoms with Crippen molar-refractivity contribution in [1.29, 1.82) is 0 Å². The summed E-state index contributed by atoms with van der Waals surface area (Å²) in [6.45, 7) is 2.70. The monoisotopic (exact) mass is 431 g/mol. The molecule has 2 saturated heterocycles. The first-order valence-electron chi connectivity index (χ1n) is 12.8. The predicted molar refractivity (Wildman–Crippen MR) is 121 cm³/mol. The third-order valence-corrected chi connectivity index (χ3v) is 9.11. The van der Waals surface area contributed by atoms with Crippen LogP contribution < -0.4 is 5.32 Å². The Balaban J connectivity index is 1.49. The average Bonchev–Trinajstić information content (AvgIpc) is 3.31. The molecule has 4 rings (SSSR count). The third kappa shape index (κ3) is 4.05. The van der Waals surface area contributed by atoms with Crippen LogP contribution in [0.5, 0.6) is 0 Å². The van der Waals surface area contributed by atoms with E-state index in [0.717, 1.165) is 51.5 Å². The van der Waals surface area contributed by atoms with Crippen LogP contribution in [0.1, 0.15) is 96.8 Å². The van der Waals surface area contributed by atoms with Gasteiger partial charge in [-0.15, -0.1) is 0 Å². The Morgan fingerprint density at radius 1 is 0.935 bits per heavy atom. The lowest BCUT2D eigenvalue weighted by Crippen LogP contribution is -2.52. The summed E-state index contributed by atoms with van der Waals surface area (Å²) in [5, 5.41) is 3.47. The Morgan fingerprint density at radius 2 is 1.52 bits per heavy atom. The minimum absolute atomic E-state index is 0.00577. The Bertz CT molecular complexity index is 692. The van der Waals surface area contributed by atoms with Crippen LogP contribution in [-0.4, -0.2) is 59.2 Å². The van der Waals surface area contributed by atoms with Gasteiger partial charge in [0.25, 0.3) is 5.91 Å². The summed E-state index contributed by atoms with van der Waals surface area (Å²) in [7, 11) is 1.74. The molecule has 2 saturated carbocycles. The number of urea groups is 1. The van der Waals surface area contributed by atoms with E-state index in [-0.39, 0.29) is 41.6 Å². The molecule has 31 heavy (non-hydrogen) atoms. The van der Waals surface area contributed by atoms with Gasteiger partial charge in [0.15, 0.2) is 5.78 Å². The Labute approximate surface area is 187 Å². The molecule has 0 aromatic rings. The van der Waals surface area contributed by atoms with Gasteiger partial charge in [-0.1, -0.05) is 57.8 Å². The molecule has 0 bridgehead atoms. The number of amides is 3. The molecule has 1 spiro atoms. The van der Waals surface area contributed by atoms with Crippen LogP contribution in [0.4, 0.5) is 4.79 Å². The van der Waals surface area contributed by atoms with Gasteiger partial charge >= 0.3 is 6.03 Å². The molecule has 1 N–H and O–H groups in total. The van der Waals surface area contributed by atoms with Crippen molar-refractivity contribution in [1.82, 2.24) is 15.1 Å². The van der Waals surface area contributed by atoms with Gasteiger partial charge in [0, 0.05) is 7.05 Å². The topological polar surface area (TPSA) is 69.7 Å². The number of nitrogens with one attached hydrogen (secondary N) is 1. The maximum Gasteiger partial charge on any atom is 0.327 e. The molecule has 6 heteroatoms. The van der Waals surface area contributed by atoms with E-state index in [0.29, 0.717) is 0 Å². The molecule has 2 aliphatic heterocycles. The number of hydrogen-bond acceptors (Lipinski definition) is 4. The van der Waals surface area contributed by atoms with Gasteiger partial charge in [-0.3, -0.25) is 14.5 Å². The molecular formula is C25H41N3O3. The molecule has 6 nitrogen and oxygen atoms in total. The Kier molecular flexibility index (Phi) is 6.76. The Hall–Kier alpha value is -1.43. The number of likely N-dealkylation sites (N-methyl/N-ethyl adjacent to an activating group) is 1. The summed E-state index contributed by atoms with van der Waals surface area (Å²) >= 11 is 0. The minimum Gasteiger partial charge on any atom is -0.313 e. The van der Waals surface area contributed by atoms with E-state index in [9.17, 15) is 14.4 Å². The second-order valence-corrected chi connectivity index (χ2v) is 10.8. The highest BCUT2D eigenvalue weighted by molar-refractivity contribution is 6.09. The molecule has 2 aliphatic carbocycles. The number of Topliss-reactive ketones (excluding diaryl/α,β-unsaturated/α-hetero) is 1. The maximum atomic E-state index is 13.5. The summed E-state index contributed by atoms with van der Waals surface area (Å²) in [5.74, 6) is 0.0506. The first-order valence-corrected chi connectivity index (χ1v) is 12.8. The number of ketones is 1. The fourth-order valence-electron chi connectivity index (χ4n) is 6.99. The Morgan fingerprint density at radius 3 is 2.16 bits per heavy atom. The molecular weight excluding hydrogens is 390 g/mol. The summed E-state index contributed by atoms with van der Waals surface area (Å²) in [6, 6.07) is -0.522. The predicted octanol–water partition coefficient (Wildman–Crippen LogP) is 4.27. The van der Waals surface area contributed by atoms with E-state index < -0.39 is 5.54 Å². The average molecular weight is 432 g/mol. The van der Waals surface area contributed by atoms with Gasteiger partial charge < -0.3 is 10.2 Å². The normalized spacial score (nSPS) is 32.9. The quantitative estimate of drug-likeness (QED) is 0.675. The zero-order valence-corrected chi connectivity index (χ0v) is 19.6. The van der Waals surface area contributed by atoms with Crippen molar-refractivity contribution in [3.63, 3.8) is 0 Å². The van der Waals surface area contributed by atoms with Crippen LogP contribution in [0.2, 0.25) is 0 Å². The van der Waals surface area contributed by atoms with Crippen molar-refractivity contribution in [2.75, 3.05) is 20.1 Å². The van der Waals surface area contributed by atoms with Crippen molar-refractivity contribution in [2.24, 2.45) is 11.3 Å². The number of hydrogen-bond donors (Lipinski definition) is 1. The second kappa shape index (κ2) is 9.21. The van der Waals surface area contributed by atoms with E-state index in [1.165, 1.54) is 49.8 Å². The highest BCUT2D eigenvalue weighted by Crippen LogP contribution is 2.44. The van der Waals surface area contributed by atoms with Gasteiger partial charge in [0.1, 0.15) is 5.54 Å². The van der Waals surface area contributed by atoms with Crippen LogP contribution in [0.3, 0.4) is 0 Å². The second-order valence-electron chi connectivity index (χ2n) is 10.8. The van der Waals surface area contributed by atoms with Crippen LogP contribution in [-0.2, 0) is 9.59 Å². The fourth-order valence-corrected chi connectivity index (χ4v) is 6.99. The summed E-state index contributed by atoms with van der Waals surface area (Å²) in [6.07, 6.45) is 16.0. The van der Waals surface area contributed by atoms with E-state index in [1.807, 2.05) is 6.92 Å². The minimum atomic E-state index is -0.809. The maximum absolute atomic E-state index is 13.5. The lowest BCUT2D eigenvalue weighted by molar-refractivity contribution is -0.138. The first kappa shape index (κ1) is 22.8. The van der Waals surface area contributed by atoms with Crippen molar-refractivity contribution < 1.29 is 14.4 Å². The molecule has 2 unspecified atom stereocenters. The van der Waals surface area contributed by atoms with Gasteiger partial charge in [-0.05, 0) is 56.9 Å². The fraction of sp³-hybridized carbons (Fsp3) is 0.880. The zero-order valence-electron chi connectivity index (χ0n) is 19.6. The van der Waals surface area contributed by atoms with Crippen molar-refractivity contribution in [3.05, 3.63) is 0 Å². The van der Waals surface area contributed by atoms with Crippen molar-refractivity contribution in [2.45, 2.75) is 108 Å². The van der Waals surface area contributed by atoms with Gasteiger partial charge in [-0.2, -0.15) is 0 Å². The summed E-state index contributed by atoms with van der Waals surface area (Å²) in [5.41, 5.74) is -0.803. The van der Waals surface area contributed by atoms with E-state index in [2.05, 4.69) is 5.32 Å². The summed E-state index contributed by atoms with van der Waals surface area (Å²) < 4.78 is 0. The lowest BCUT2D eigenvalue weighted by Gasteiger charge is -2.38. The molecule has 4 aliphatic rings. The highest BCUT2D eigenvalue weighted by atomic mass is 16.2. The molecule has 0 aromatic heterocycles.